The Hall–Kier alpha value is -0.670. The van der Waals surface area contributed by atoms with Crippen LogP contribution in [0.4, 0.5) is 8.78 Å². The first-order valence-corrected chi connectivity index (χ1v) is 5.29. The lowest BCUT2D eigenvalue weighted by atomic mass is 10.1. The van der Waals surface area contributed by atoms with Crippen molar-refractivity contribution in [2.45, 2.75) is 19.9 Å². The average Bonchev–Trinajstić information content (AvgIpc) is 2.19. The zero-order valence-corrected chi connectivity index (χ0v) is 9.56. The summed E-state index contributed by atoms with van der Waals surface area (Å²) in [5.74, 6) is 0. The number of alkyl halides is 2. The van der Waals surface area contributed by atoms with E-state index in [1.54, 1.807) is 13.8 Å². The smallest absolute Gasteiger partial charge is 0.241 e. The molecule has 15 heavy (non-hydrogen) atoms. The van der Waals surface area contributed by atoms with Gasteiger partial charge in [0.15, 0.2) is 0 Å². The highest BCUT2D eigenvalue weighted by Crippen LogP contribution is 2.32. The Morgan fingerprint density at radius 1 is 1.13 bits per heavy atom. The van der Waals surface area contributed by atoms with Crippen molar-refractivity contribution in [2.75, 3.05) is 13.1 Å². The van der Waals surface area contributed by atoms with Gasteiger partial charge in [-0.15, -0.1) is 0 Å². The molecule has 0 unspecified atom stereocenters. The van der Waals surface area contributed by atoms with Crippen LogP contribution in [0.2, 0.25) is 5.02 Å². The van der Waals surface area contributed by atoms with Crippen LogP contribution in [0.3, 0.4) is 0 Å². The molecule has 0 aliphatic heterocycles. The van der Waals surface area contributed by atoms with Gasteiger partial charge in [-0.25, -0.2) is 4.90 Å². The minimum atomic E-state index is -2.92. The second-order valence-corrected chi connectivity index (χ2v) is 3.66. The molecule has 0 saturated heterocycles. The average molecular weight is 234 g/mol. The van der Waals surface area contributed by atoms with Gasteiger partial charge >= 0.3 is 6.05 Å². The Morgan fingerprint density at radius 3 is 2.00 bits per heavy atom. The summed E-state index contributed by atoms with van der Waals surface area (Å²) in [6.07, 6.45) is 0. The van der Waals surface area contributed by atoms with Gasteiger partial charge < -0.3 is 0 Å². The van der Waals surface area contributed by atoms with Gasteiger partial charge in [-0.1, -0.05) is 37.6 Å². The summed E-state index contributed by atoms with van der Waals surface area (Å²) in [6.45, 7) is 4.05. The van der Waals surface area contributed by atoms with E-state index in [1.165, 1.54) is 24.3 Å². The van der Waals surface area contributed by atoms with E-state index in [2.05, 4.69) is 0 Å². The predicted molar refractivity (Wildman–Crippen MR) is 58.3 cm³/mol. The SMILES string of the molecule is CCN(CC)C(F)(F)c1ccc(Cl)cc1. The van der Waals surface area contributed by atoms with Gasteiger partial charge in [0, 0.05) is 23.7 Å². The lowest BCUT2D eigenvalue weighted by molar-refractivity contribution is -0.150. The Morgan fingerprint density at radius 2 is 1.60 bits per heavy atom. The molecule has 0 amide bonds. The standard InChI is InChI=1S/C11H14ClF2N/c1-3-15(4-2)11(13,14)9-5-7-10(12)8-6-9/h5-8H,3-4H2,1-2H3. The molecule has 0 fully saturated rings. The van der Waals surface area contributed by atoms with E-state index in [4.69, 9.17) is 11.6 Å². The maximum atomic E-state index is 13.8. The van der Waals surface area contributed by atoms with Crippen LogP contribution in [0, 0.1) is 0 Å². The molecule has 0 spiro atoms. The maximum absolute atomic E-state index is 13.8. The van der Waals surface area contributed by atoms with Gasteiger partial charge in [-0.05, 0) is 12.1 Å². The monoisotopic (exact) mass is 233 g/mol. The number of benzene rings is 1. The first-order valence-electron chi connectivity index (χ1n) is 4.91. The third kappa shape index (κ3) is 2.67. The summed E-state index contributed by atoms with van der Waals surface area (Å²) in [5, 5.41) is 0.467. The fourth-order valence-electron chi connectivity index (χ4n) is 1.45. The number of halogens is 3. The number of hydrogen-bond acceptors (Lipinski definition) is 1. The number of nitrogens with zero attached hydrogens (tertiary/aromatic N) is 1. The normalized spacial score (nSPS) is 12.1. The van der Waals surface area contributed by atoms with Crippen LogP contribution in [0.25, 0.3) is 0 Å². The Kier molecular flexibility index (Phi) is 4.05. The first-order chi connectivity index (χ1) is 7.02. The van der Waals surface area contributed by atoms with Crippen LogP contribution in [-0.4, -0.2) is 18.0 Å². The van der Waals surface area contributed by atoms with E-state index >= 15 is 0 Å². The van der Waals surface area contributed by atoms with Gasteiger partial charge in [-0.2, -0.15) is 8.78 Å². The maximum Gasteiger partial charge on any atom is 0.331 e. The molecule has 1 rings (SSSR count). The van der Waals surface area contributed by atoms with Gasteiger partial charge in [-0.3, -0.25) is 0 Å². The molecule has 0 heterocycles. The molecular weight excluding hydrogens is 220 g/mol. The Bertz CT molecular complexity index is 307. The van der Waals surface area contributed by atoms with Crippen LogP contribution < -0.4 is 0 Å². The molecule has 0 saturated carbocycles. The van der Waals surface area contributed by atoms with Crippen molar-refractivity contribution in [2.24, 2.45) is 0 Å². The van der Waals surface area contributed by atoms with Crippen molar-refractivity contribution < 1.29 is 8.78 Å². The molecule has 0 aliphatic rings. The van der Waals surface area contributed by atoms with Gasteiger partial charge in [0.05, 0.1) is 0 Å². The molecular formula is C11H14ClF2N. The minimum absolute atomic E-state index is 0.0180. The summed E-state index contributed by atoms with van der Waals surface area (Å²) in [6, 6.07) is 2.76. The van der Waals surface area contributed by atoms with Crippen molar-refractivity contribution in [1.29, 1.82) is 0 Å². The molecule has 0 radical (unpaired) electrons. The summed E-state index contributed by atoms with van der Waals surface area (Å²) in [7, 11) is 0. The van der Waals surface area contributed by atoms with Gasteiger partial charge in [0.25, 0.3) is 0 Å². The highest BCUT2D eigenvalue weighted by Gasteiger charge is 2.36. The van der Waals surface area contributed by atoms with Crippen LogP contribution in [-0.2, 0) is 6.05 Å². The summed E-state index contributed by atoms with van der Waals surface area (Å²) >= 11 is 5.65. The zero-order valence-electron chi connectivity index (χ0n) is 8.80. The van der Waals surface area contributed by atoms with Crippen LogP contribution in [0.15, 0.2) is 24.3 Å². The molecule has 0 N–H and O–H groups in total. The molecule has 1 aromatic rings. The van der Waals surface area contributed by atoms with Crippen molar-refractivity contribution in [3.63, 3.8) is 0 Å². The highest BCUT2D eigenvalue weighted by atomic mass is 35.5. The fourth-order valence-corrected chi connectivity index (χ4v) is 1.58. The lowest BCUT2D eigenvalue weighted by Crippen LogP contribution is -2.38. The van der Waals surface area contributed by atoms with Crippen LogP contribution in [0.1, 0.15) is 19.4 Å². The third-order valence-corrected chi connectivity index (χ3v) is 2.60. The summed E-state index contributed by atoms with van der Waals surface area (Å²) < 4.78 is 27.7. The van der Waals surface area contributed by atoms with Crippen molar-refractivity contribution in [3.8, 4) is 0 Å². The zero-order chi connectivity index (χ0) is 11.5. The van der Waals surface area contributed by atoms with Crippen molar-refractivity contribution in [3.05, 3.63) is 34.9 Å². The quantitative estimate of drug-likeness (QED) is 0.717. The molecule has 1 aromatic carbocycles. The van der Waals surface area contributed by atoms with Crippen molar-refractivity contribution >= 4 is 11.6 Å². The van der Waals surface area contributed by atoms with E-state index in [0.717, 1.165) is 4.90 Å². The van der Waals surface area contributed by atoms with Crippen LogP contribution >= 0.6 is 11.6 Å². The second-order valence-electron chi connectivity index (χ2n) is 3.22. The first kappa shape index (κ1) is 12.4. The van der Waals surface area contributed by atoms with E-state index in [0.29, 0.717) is 18.1 Å². The summed E-state index contributed by atoms with van der Waals surface area (Å²) in [4.78, 5) is 1.11. The molecule has 0 atom stereocenters. The number of rotatable bonds is 4. The van der Waals surface area contributed by atoms with Gasteiger partial charge in [0.2, 0.25) is 0 Å². The van der Waals surface area contributed by atoms with E-state index in [9.17, 15) is 8.78 Å². The lowest BCUT2D eigenvalue weighted by Gasteiger charge is -2.29. The van der Waals surface area contributed by atoms with E-state index < -0.39 is 6.05 Å². The van der Waals surface area contributed by atoms with E-state index in [1.807, 2.05) is 0 Å². The molecule has 0 bridgehead atoms. The topological polar surface area (TPSA) is 3.24 Å². The molecule has 0 aliphatic carbocycles. The van der Waals surface area contributed by atoms with E-state index in [-0.39, 0.29) is 5.56 Å². The second kappa shape index (κ2) is 4.90. The Labute approximate surface area is 93.7 Å². The number of hydrogen-bond donors (Lipinski definition) is 0. The molecule has 0 aromatic heterocycles. The summed E-state index contributed by atoms with van der Waals surface area (Å²) in [5.41, 5.74) is -0.0180. The largest absolute Gasteiger partial charge is 0.331 e. The molecule has 4 heteroatoms. The third-order valence-electron chi connectivity index (χ3n) is 2.35. The van der Waals surface area contributed by atoms with Gasteiger partial charge in [0.1, 0.15) is 0 Å². The fraction of sp³-hybridized carbons (Fsp3) is 0.455. The van der Waals surface area contributed by atoms with Crippen molar-refractivity contribution in [1.82, 2.24) is 4.90 Å². The minimum Gasteiger partial charge on any atom is -0.241 e. The molecule has 84 valence electrons. The highest BCUT2D eigenvalue weighted by molar-refractivity contribution is 6.30. The van der Waals surface area contributed by atoms with Crippen LogP contribution in [0.5, 0.6) is 0 Å². The predicted octanol–water partition coefficient (Wildman–Crippen LogP) is 3.73. The molecule has 1 nitrogen and oxygen atoms in total. The Balaban J connectivity index is 2.98.